The average molecular weight is 312 g/mol. The highest BCUT2D eigenvalue weighted by Gasteiger charge is 2.15. The van der Waals surface area contributed by atoms with Crippen molar-refractivity contribution in [3.63, 3.8) is 0 Å². The van der Waals surface area contributed by atoms with Crippen molar-refractivity contribution < 1.29 is 4.39 Å². The fraction of sp³-hybridized carbons (Fsp3) is 0.250. The van der Waals surface area contributed by atoms with Gasteiger partial charge in [0, 0.05) is 16.1 Å². The molecule has 106 valence electrons. The lowest BCUT2D eigenvalue weighted by Crippen LogP contribution is -2.20. The third kappa shape index (κ3) is 3.51. The molecule has 0 aromatic heterocycles. The van der Waals surface area contributed by atoms with Crippen molar-refractivity contribution in [3.05, 3.63) is 69.0 Å². The van der Waals surface area contributed by atoms with Crippen LogP contribution in [0.1, 0.15) is 22.7 Å². The predicted octanol–water partition coefficient (Wildman–Crippen LogP) is 4.94. The molecule has 0 saturated carbocycles. The fourth-order valence-corrected chi connectivity index (χ4v) is 2.74. The smallest absolute Gasteiger partial charge is 0.126 e. The van der Waals surface area contributed by atoms with E-state index in [-0.39, 0.29) is 11.9 Å². The standard InChI is InChI=1S/C16H16Cl2FN/c1-10-7-12(17)3-5-14(10)16(20-2)9-11-8-13(18)4-6-15(11)19/h3-8,16,20H,9H2,1-2H3. The van der Waals surface area contributed by atoms with Crippen LogP contribution >= 0.6 is 23.2 Å². The van der Waals surface area contributed by atoms with Crippen molar-refractivity contribution in [2.45, 2.75) is 19.4 Å². The summed E-state index contributed by atoms with van der Waals surface area (Å²) in [5, 5.41) is 4.47. The first-order valence-electron chi connectivity index (χ1n) is 6.38. The minimum absolute atomic E-state index is 0.0141. The van der Waals surface area contributed by atoms with Gasteiger partial charge in [-0.15, -0.1) is 0 Å². The molecule has 4 heteroatoms. The Kier molecular flexibility index (Phi) is 5.03. The SMILES string of the molecule is CNC(Cc1cc(Cl)ccc1F)c1ccc(Cl)cc1C. The summed E-state index contributed by atoms with van der Waals surface area (Å²) in [5.74, 6) is -0.235. The molecule has 1 atom stereocenters. The Labute approximate surface area is 128 Å². The molecule has 0 radical (unpaired) electrons. The van der Waals surface area contributed by atoms with Gasteiger partial charge in [-0.05, 0) is 67.4 Å². The van der Waals surface area contributed by atoms with E-state index in [1.807, 2.05) is 32.2 Å². The molecular formula is C16H16Cl2FN. The third-order valence-corrected chi connectivity index (χ3v) is 3.86. The Morgan fingerprint density at radius 2 is 1.75 bits per heavy atom. The maximum atomic E-state index is 13.8. The molecule has 2 aromatic carbocycles. The summed E-state index contributed by atoms with van der Waals surface area (Å²) >= 11 is 11.9. The Morgan fingerprint density at radius 3 is 2.40 bits per heavy atom. The number of aryl methyl sites for hydroxylation is 1. The summed E-state index contributed by atoms with van der Waals surface area (Å²) in [6.07, 6.45) is 0.533. The molecule has 0 aliphatic heterocycles. The molecular weight excluding hydrogens is 296 g/mol. The van der Waals surface area contributed by atoms with E-state index >= 15 is 0 Å². The zero-order chi connectivity index (χ0) is 14.7. The Hall–Kier alpha value is -1.09. The van der Waals surface area contributed by atoms with Crippen LogP contribution < -0.4 is 5.32 Å². The van der Waals surface area contributed by atoms with Crippen LogP contribution in [0.2, 0.25) is 10.0 Å². The minimum atomic E-state index is -0.235. The number of benzene rings is 2. The highest BCUT2D eigenvalue weighted by atomic mass is 35.5. The van der Waals surface area contributed by atoms with E-state index in [4.69, 9.17) is 23.2 Å². The quantitative estimate of drug-likeness (QED) is 0.843. The van der Waals surface area contributed by atoms with E-state index in [2.05, 4.69) is 5.32 Å². The Bertz CT molecular complexity index is 613. The zero-order valence-corrected chi connectivity index (χ0v) is 12.9. The number of hydrogen-bond donors (Lipinski definition) is 1. The number of nitrogens with one attached hydrogen (secondary N) is 1. The molecule has 0 saturated heterocycles. The lowest BCUT2D eigenvalue weighted by atomic mass is 9.95. The number of halogens is 3. The molecule has 0 aliphatic carbocycles. The molecule has 0 heterocycles. The summed E-state index contributed by atoms with van der Waals surface area (Å²) in [6, 6.07) is 10.4. The van der Waals surface area contributed by atoms with E-state index in [1.54, 1.807) is 12.1 Å². The summed E-state index contributed by atoms with van der Waals surface area (Å²) in [7, 11) is 1.86. The maximum absolute atomic E-state index is 13.8. The van der Waals surface area contributed by atoms with Crippen molar-refractivity contribution in [2.24, 2.45) is 0 Å². The Morgan fingerprint density at radius 1 is 1.10 bits per heavy atom. The van der Waals surface area contributed by atoms with Crippen molar-refractivity contribution in [1.29, 1.82) is 0 Å². The molecule has 1 N–H and O–H groups in total. The van der Waals surface area contributed by atoms with Crippen LogP contribution in [0.3, 0.4) is 0 Å². The fourth-order valence-electron chi connectivity index (χ4n) is 2.32. The van der Waals surface area contributed by atoms with Gasteiger partial charge >= 0.3 is 0 Å². The predicted molar refractivity (Wildman–Crippen MR) is 83.1 cm³/mol. The van der Waals surface area contributed by atoms with E-state index in [9.17, 15) is 4.39 Å². The van der Waals surface area contributed by atoms with Gasteiger partial charge in [-0.2, -0.15) is 0 Å². The van der Waals surface area contributed by atoms with Gasteiger partial charge in [-0.1, -0.05) is 29.3 Å². The summed E-state index contributed by atoms with van der Waals surface area (Å²) < 4.78 is 13.8. The first-order chi connectivity index (χ1) is 9.51. The molecule has 0 fully saturated rings. The second kappa shape index (κ2) is 6.57. The average Bonchev–Trinajstić information content (AvgIpc) is 2.40. The van der Waals surface area contributed by atoms with Crippen molar-refractivity contribution in [2.75, 3.05) is 7.05 Å². The monoisotopic (exact) mass is 311 g/mol. The first-order valence-corrected chi connectivity index (χ1v) is 7.14. The van der Waals surface area contributed by atoms with Gasteiger partial charge in [0.2, 0.25) is 0 Å². The van der Waals surface area contributed by atoms with Crippen LogP contribution in [0, 0.1) is 12.7 Å². The van der Waals surface area contributed by atoms with Crippen LogP contribution in [-0.2, 0) is 6.42 Å². The molecule has 0 aliphatic rings. The highest BCUT2D eigenvalue weighted by Crippen LogP contribution is 2.26. The minimum Gasteiger partial charge on any atom is -0.313 e. The van der Waals surface area contributed by atoms with Gasteiger partial charge in [0.25, 0.3) is 0 Å². The first kappa shape index (κ1) is 15.3. The van der Waals surface area contributed by atoms with Gasteiger partial charge in [-0.25, -0.2) is 4.39 Å². The van der Waals surface area contributed by atoms with Crippen LogP contribution in [0.15, 0.2) is 36.4 Å². The molecule has 0 bridgehead atoms. The van der Waals surface area contributed by atoms with Crippen LogP contribution in [0.25, 0.3) is 0 Å². The Balaban J connectivity index is 2.31. The van der Waals surface area contributed by atoms with Crippen LogP contribution in [0.4, 0.5) is 4.39 Å². The van der Waals surface area contributed by atoms with Crippen LogP contribution in [0.5, 0.6) is 0 Å². The molecule has 1 unspecified atom stereocenters. The lowest BCUT2D eigenvalue weighted by molar-refractivity contribution is 0.553. The van der Waals surface area contributed by atoms with E-state index in [0.717, 1.165) is 11.1 Å². The van der Waals surface area contributed by atoms with Gasteiger partial charge in [0.1, 0.15) is 5.82 Å². The van der Waals surface area contributed by atoms with Gasteiger partial charge in [-0.3, -0.25) is 0 Å². The maximum Gasteiger partial charge on any atom is 0.126 e. The molecule has 0 amide bonds. The van der Waals surface area contributed by atoms with Crippen molar-refractivity contribution in [1.82, 2.24) is 5.32 Å². The topological polar surface area (TPSA) is 12.0 Å². The molecule has 20 heavy (non-hydrogen) atoms. The van der Waals surface area contributed by atoms with Crippen molar-refractivity contribution >= 4 is 23.2 Å². The largest absolute Gasteiger partial charge is 0.313 e. The summed E-state index contributed by atoms with van der Waals surface area (Å²) in [6.45, 7) is 2.00. The third-order valence-electron chi connectivity index (χ3n) is 3.39. The number of rotatable bonds is 4. The van der Waals surface area contributed by atoms with Crippen LogP contribution in [-0.4, -0.2) is 7.05 Å². The van der Waals surface area contributed by atoms with Crippen molar-refractivity contribution in [3.8, 4) is 0 Å². The van der Waals surface area contributed by atoms with E-state index in [1.165, 1.54) is 6.07 Å². The normalized spacial score (nSPS) is 12.4. The lowest BCUT2D eigenvalue weighted by Gasteiger charge is -2.19. The van der Waals surface area contributed by atoms with Gasteiger partial charge in [0.15, 0.2) is 0 Å². The van der Waals surface area contributed by atoms with E-state index < -0.39 is 0 Å². The molecule has 2 rings (SSSR count). The summed E-state index contributed by atoms with van der Waals surface area (Å²) in [4.78, 5) is 0. The molecule has 1 nitrogen and oxygen atoms in total. The van der Waals surface area contributed by atoms with E-state index in [0.29, 0.717) is 22.0 Å². The van der Waals surface area contributed by atoms with Gasteiger partial charge < -0.3 is 5.32 Å². The highest BCUT2D eigenvalue weighted by molar-refractivity contribution is 6.30. The second-order valence-electron chi connectivity index (χ2n) is 4.78. The zero-order valence-electron chi connectivity index (χ0n) is 11.4. The van der Waals surface area contributed by atoms with Gasteiger partial charge in [0.05, 0.1) is 0 Å². The number of likely N-dealkylation sites (N-methyl/N-ethyl adjacent to an activating group) is 1. The molecule has 0 spiro atoms. The second-order valence-corrected chi connectivity index (χ2v) is 5.65. The number of hydrogen-bond acceptors (Lipinski definition) is 1. The summed E-state index contributed by atoms with van der Waals surface area (Å²) in [5.41, 5.74) is 2.79. The molecule has 2 aromatic rings.